The van der Waals surface area contributed by atoms with Crippen molar-refractivity contribution in [1.29, 1.82) is 0 Å². The molecule has 2 aliphatic heterocycles. The summed E-state index contributed by atoms with van der Waals surface area (Å²) >= 11 is 0. The van der Waals surface area contributed by atoms with Crippen molar-refractivity contribution in [2.75, 3.05) is 26.4 Å². The molecule has 2 heterocycles. The van der Waals surface area contributed by atoms with Crippen molar-refractivity contribution < 1.29 is 33.5 Å². The Balaban J connectivity index is 1.42. The van der Waals surface area contributed by atoms with E-state index in [4.69, 9.17) is 34.8 Å². The Morgan fingerprint density at radius 2 is 1.71 bits per heavy atom. The summed E-state index contributed by atoms with van der Waals surface area (Å²) in [4.78, 5) is 0. The molecule has 2 saturated heterocycles. The Labute approximate surface area is 209 Å². The van der Waals surface area contributed by atoms with Gasteiger partial charge < -0.3 is 33.5 Å². The van der Waals surface area contributed by atoms with E-state index in [0.29, 0.717) is 30.6 Å². The molecule has 7 nitrogen and oxygen atoms in total. The van der Waals surface area contributed by atoms with Crippen LogP contribution in [0.5, 0.6) is 11.5 Å². The van der Waals surface area contributed by atoms with E-state index in [1.807, 2.05) is 45.0 Å². The van der Waals surface area contributed by atoms with E-state index in [9.17, 15) is 5.11 Å². The summed E-state index contributed by atoms with van der Waals surface area (Å²) in [6.07, 6.45) is 10.0. The van der Waals surface area contributed by atoms with Crippen molar-refractivity contribution in [3.05, 3.63) is 47.9 Å². The molecule has 7 heteroatoms. The Morgan fingerprint density at radius 3 is 2.31 bits per heavy atom. The van der Waals surface area contributed by atoms with Gasteiger partial charge in [-0.15, -0.1) is 6.42 Å². The molecule has 1 N–H and O–H groups in total. The van der Waals surface area contributed by atoms with Crippen molar-refractivity contribution >= 4 is 0 Å². The molecule has 1 aromatic rings. The number of aliphatic hydroxyl groups is 1. The Bertz CT molecular complexity index is 916. The summed E-state index contributed by atoms with van der Waals surface area (Å²) in [6, 6.07) is 7.40. The molecule has 2 aliphatic rings. The second kappa shape index (κ2) is 11.9. The predicted octanol–water partition coefficient (Wildman–Crippen LogP) is 4.39. The van der Waals surface area contributed by atoms with Gasteiger partial charge in [-0.25, -0.2) is 0 Å². The number of allylic oxidation sites excluding steroid dienone is 4. The first-order valence-corrected chi connectivity index (χ1v) is 12.0. The maximum atomic E-state index is 10.5. The van der Waals surface area contributed by atoms with E-state index in [2.05, 4.69) is 19.8 Å². The van der Waals surface area contributed by atoms with Gasteiger partial charge in [0.1, 0.15) is 42.0 Å². The quantitative estimate of drug-likeness (QED) is 0.170. The molecule has 0 spiro atoms. The average Bonchev–Trinajstić information content (AvgIpc) is 3.70. The van der Waals surface area contributed by atoms with Crippen molar-refractivity contribution in [3.63, 3.8) is 0 Å². The summed E-state index contributed by atoms with van der Waals surface area (Å²) in [5.41, 5.74) is -0.996. The van der Waals surface area contributed by atoms with E-state index in [1.54, 1.807) is 12.2 Å². The van der Waals surface area contributed by atoms with Crippen LogP contribution in [0.15, 0.2) is 47.9 Å². The smallest absolute Gasteiger partial charge is 0.170 e. The minimum absolute atomic E-state index is 0.128. The lowest BCUT2D eigenvalue weighted by molar-refractivity contribution is -0.0161. The molecular formula is C28H38O7. The monoisotopic (exact) mass is 486 g/mol. The van der Waals surface area contributed by atoms with Crippen LogP contribution in [0.25, 0.3) is 0 Å². The molecule has 35 heavy (non-hydrogen) atoms. The third-order valence-electron chi connectivity index (χ3n) is 5.41. The number of hydrogen-bond donors (Lipinski definition) is 1. The summed E-state index contributed by atoms with van der Waals surface area (Å²) < 4.78 is 33.8. The zero-order chi connectivity index (χ0) is 25.5. The first-order chi connectivity index (χ1) is 16.5. The number of epoxide rings is 2. The minimum atomic E-state index is -0.739. The average molecular weight is 487 g/mol. The molecule has 3 atom stereocenters. The maximum Gasteiger partial charge on any atom is 0.170 e. The lowest BCUT2D eigenvalue weighted by atomic mass is 10.0. The van der Waals surface area contributed by atoms with Gasteiger partial charge in [-0.3, -0.25) is 0 Å². The third-order valence-corrected chi connectivity index (χ3v) is 5.41. The number of hydrogen-bond acceptors (Lipinski definition) is 7. The van der Waals surface area contributed by atoms with Crippen LogP contribution in [0.4, 0.5) is 0 Å². The van der Waals surface area contributed by atoms with Gasteiger partial charge in [0.25, 0.3) is 0 Å². The van der Waals surface area contributed by atoms with Crippen molar-refractivity contribution in [2.24, 2.45) is 0 Å². The van der Waals surface area contributed by atoms with Crippen LogP contribution in [0.2, 0.25) is 0 Å². The fourth-order valence-electron chi connectivity index (χ4n) is 3.60. The van der Waals surface area contributed by atoms with Crippen LogP contribution < -0.4 is 9.47 Å². The van der Waals surface area contributed by atoms with E-state index in [1.165, 1.54) is 0 Å². The van der Waals surface area contributed by atoms with E-state index in [-0.39, 0.29) is 18.3 Å². The first kappa shape index (κ1) is 26.9. The third kappa shape index (κ3) is 10.6. The van der Waals surface area contributed by atoms with E-state index < -0.39 is 11.7 Å². The van der Waals surface area contributed by atoms with Gasteiger partial charge in [0.2, 0.25) is 0 Å². The zero-order valence-electron chi connectivity index (χ0n) is 21.4. The van der Waals surface area contributed by atoms with Gasteiger partial charge in [0.15, 0.2) is 5.76 Å². The van der Waals surface area contributed by atoms with Gasteiger partial charge in [0.05, 0.1) is 31.2 Å². The molecule has 0 aromatic heterocycles. The molecule has 192 valence electrons. The lowest BCUT2D eigenvalue weighted by Gasteiger charge is -2.28. The van der Waals surface area contributed by atoms with Gasteiger partial charge in [-0.1, -0.05) is 0 Å². The summed E-state index contributed by atoms with van der Waals surface area (Å²) in [7, 11) is 0. The largest absolute Gasteiger partial charge is 0.495 e. The van der Waals surface area contributed by atoms with Gasteiger partial charge in [-0.05, 0) is 77.0 Å². The molecule has 3 unspecified atom stereocenters. The number of terminal acetylenes is 1. The highest BCUT2D eigenvalue weighted by molar-refractivity contribution is 5.31. The Kier molecular flexibility index (Phi) is 9.12. The second-order valence-corrected chi connectivity index (χ2v) is 10.2. The number of benzene rings is 1. The fraction of sp³-hybridized carbons (Fsp3) is 0.571. The zero-order valence-corrected chi connectivity index (χ0v) is 21.4. The lowest BCUT2D eigenvalue weighted by Crippen LogP contribution is -2.32. The Hall–Kier alpha value is -2.66. The minimum Gasteiger partial charge on any atom is -0.495 e. The van der Waals surface area contributed by atoms with Crippen LogP contribution in [0.3, 0.4) is 0 Å². The van der Waals surface area contributed by atoms with Crippen LogP contribution >= 0.6 is 0 Å². The molecule has 0 bridgehead atoms. The Morgan fingerprint density at radius 1 is 1.09 bits per heavy atom. The highest BCUT2D eigenvalue weighted by Crippen LogP contribution is 2.29. The number of aliphatic hydroxyl groups excluding tert-OH is 1. The van der Waals surface area contributed by atoms with Crippen molar-refractivity contribution in [2.45, 2.75) is 77.0 Å². The van der Waals surface area contributed by atoms with Crippen molar-refractivity contribution in [3.8, 4) is 23.8 Å². The molecule has 3 rings (SSSR count). The SMILES string of the molecule is C#CC(=CC=C(C)OCC1CO1)OC(C)(C)CC(O)COc1ccc(OC(C)(C)CC2CO2)cc1. The van der Waals surface area contributed by atoms with Gasteiger partial charge in [-0.2, -0.15) is 0 Å². The fourth-order valence-corrected chi connectivity index (χ4v) is 3.60. The first-order valence-electron chi connectivity index (χ1n) is 12.0. The topological polar surface area (TPSA) is 82.2 Å². The second-order valence-electron chi connectivity index (χ2n) is 10.2. The molecule has 0 aliphatic carbocycles. The van der Waals surface area contributed by atoms with Crippen LogP contribution in [-0.4, -0.2) is 61.0 Å². The van der Waals surface area contributed by atoms with Gasteiger partial charge >= 0.3 is 0 Å². The van der Waals surface area contributed by atoms with Crippen LogP contribution in [-0.2, 0) is 18.9 Å². The molecule has 0 saturated carbocycles. The predicted molar refractivity (Wildman–Crippen MR) is 133 cm³/mol. The number of rotatable bonds is 15. The van der Waals surface area contributed by atoms with Crippen molar-refractivity contribution in [1.82, 2.24) is 0 Å². The van der Waals surface area contributed by atoms with Gasteiger partial charge in [0, 0.05) is 12.8 Å². The van der Waals surface area contributed by atoms with E-state index in [0.717, 1.165) is 31.1 Å². The highest BCUT2D eigenvalue weighted by Gasteiger charge is 2.32. The molecule has 0 amide bonds. The highest BCUT2D eigenvalue weighted by atomic mass is 16.6. The summed E-state index contributed by atoms with van der Waals surface area (Å²) in [5.74, 6) is 5.04. The van der Waals surface area contributed by atoms with E-state index >= 15 is 0 Å². The summed E-state index contributed by atoms with van der Waals surface area (Å²) in [6.45, 7) is 11.9. The van der Waals surface area contributed by atoms with Crippen LogP contribution in [0, 0.1) is 12.3 Å². The molecular weight excluding hydrogens is 448 g/mol. The van der Waals surface area contributed by atoms with Crippen LogP contribution in [0.1, 0.15) is 47.5 Å². The normalized spacial score (nSPS) is 21.1. The number of ether oxygens (including phenoxy) is 6. The summed E-state index contributed by atoms with van der Waals surface area (Å²) in [5, 5.41) is 10.5. The molecule has 0 radical (unpaired) electrons. The molecule has 2 fully saturated rings. The molecule has 1 aromatic carbocycles. The standard InChI is InChI=1S/C28H38O7/c1-7-22(9-8-20(2)30-18-26-19-33-26)34-27(3,4)14-21(29)16-31-23-10-12-24(13-11-23)35-28(5,6)15-25-17-32-25/h1,8-13,21,25-26,29H,14-19H2,2-6H3. The maximum absolute atomic E-state index is 10.5.